The highest BCUT2D eigenvalue weighted by atomic mass is 16.5. The fourth-order valence-corrected chi connectivity index (χ4v) is 1.08. The summed E-state index contributed by atoms with van der Waals surface area (Å²) in [4.78, 5) is 4.11. The minimum Gasteiger partial charge on any atom is -0.492 e. The van der Waals surface area contributed by atoms with Crippen LogP contribution in [-0.4, -0.2) is 18.6 Å². The molecule has 0 bridgehead atoms. The lowest BCUT2D eigenvalue weighted by molar-refractivity contribution is 0.338. The molecule has 1 rings (SSSR count). The van der Waals surface area contributed by atoms with Crippen LogP contribution in [0.3, 0.4) is 0 Å². The monoisotopic (exact) mass is 180 g/mol. The van der Waals surface area contributed by atoms with Crippen LogP contribution in [0.15, 0.2) is 18.5 Å². The Balaban J connectivity index is 2.78. The molecule has 1 aromatic rings. The average Bonchev–Trinajstić information content (AvgIpc) is 2.18. The van der Waals surface area contributed by atoms with Gasteiger partial charge in [-0.25, -0.2) is 0 Å². The molecule has 1 atom stereocenters. The standard InChI is InChI=1S/C10H16N2O/c1-4-13-10-5-9(6-12-7-10)8(2)11-3/h5-8,11H,4H2,1-3H3. The zero-order chi connectivity index (χ0) is 9.68. The largest absolute Gasteiger partial charge is 0.492 e. The summed E-state index contributed by atoms with van der Waals surface area (Å²) >= 11 is 0. The first-order valence-corrected chi connectivity index (χ1v) is 4.53. The Morgan fingerprint density at radius 1 is 1.54 bits per heavy atom. The number of ether oxygens (including phenoxy) is 1. The van der Waals surface area contributed by atoms with Gasteiger partial charge in [-0.1, -0.05) is 0 Å². The van der Waals surface area contributed by atoms with Gasteiger partial charge < -0.3 is 10.1 Å². The fourth-order valence-electron chi connectivity index (χ4n) is 1.08. The van der Waals surface area contributed by atoms with Gasteiger partial charge in [0.15, 0.2) is 0 Å². The zero-order valence-electron chi connectivity index (χ0n) is 8.37. The second-order valence-corrected chi connectivity index (χ2v) is 2.90. The molecule has 0 spiro atoms. The summed E-state index contributed by atoms with van der Waals surface area (Å²) in [5, 5.41) is 3.15. The van der Waals surface area contributed by atoms with Crippen LogP contribution in [0.2, 0.25) is 0 Å². The van der Waals surface area contributed by atoms with E-state index in [-0.39, 0.29) is 0 Å². The first kappa shape index (κ1) is 9.99. The molecule has 0 aliphatic rings. The highest BCUT2D eigenvalue weighted by molar-refractivity contribution is 5.25. The molecule has 0 saturated heterocycles. The minimum absolute atomic E-state index is 0.313. The number of nitrogens with one attached hydrogen (secondary N) is 1. The number of hydrogen-bond acceptors (Lipinski definition) is 3. The number of aromatic nitrogens is 1. The van der Waals surface area contributed by atoms with Gasteiger partial charge >= 0.3 is 0 Å². The lowest BCUT2D eigenvalue weighted by Gasteiger charge is -2.11. The van der Waals surface area contributed by atoms with E-state index in [4.69, 9.17) is 4.74 Å². The lowest BCUT2D eigenvalue weighted by Crippen LogP contribution is -2.12. The van der Waals surface area contributed by atoms with E-state index in [2.05, 4.69) is 17.2 Å². The first-order chi connectivity index (χ1) is 6.27. The van der Waals surface area contributed by atoms with Crippen molar-refractivity contribution in [1.29, 1.82) is 0 Å². The van der Waals surface area contributed by atoms with E-state index in [1.165, 1.54) is 0 Å². The van der Waals surface area contributed by atoms with Crippen LogP contribution in [0.25, 0.3) is 0 Å². The minimum atomic E-state index is 0.313. The van der Waals surface area contributed by atoms with Crippen LogP contribution < -0.4 is 10.1 Å². The van der Waals surface area contributed by atoms with Crippen LogP contribution >= 0.6 is 0 Å². The molecule has 0 fully saturated rings. The number of hydrogen-bond donors (Lipinski definition) is 1. The van der Waals surface area contributed by atoms with Crippen LogP contribution in [0.5, 0.6) is 5.75 Å². The molecular formula is C10H16N2O. The molecular weight excluding hydrogens is 164 g/mol. The van der Waals surface area contributed by atoms with Gasteiger partial charge in [-0.2, -0.15) is 0 Å². The van der Waals surface area contributed by atoms with Crippen molar-refractivity contribution in [2.24, 2.45) is 0 Å². The topological polar surface area (TPSA) is 34.1 Å². The first-order valence-electron chi connectivity index (χ1n) is 4.53. The van der Waals surface area contributed by atoms with Gasteiger partial charge in [0.2, 0.25) is 0 Å². The Bertz CT molecular complexity index is 263. The number of nitrogens with zero attached hydrogens (tertiary/aromatic N) is 1. The van der Waals surface area contributed by atoms with Crippen LogP contribution in [0, 0.1) is 0 Å². The van der Waals surface area contributed by atoms with E-state index >= 15 is 0 Å². The molecule has 0 amide bonds. The van der Waals surface area contributed by atoms with Crippen molar-refractivity contribution in [3.63, 3.8) is 0 Å². The van der Waals surface area contributed by atoms with Crippen molar-refractivity contribution in [3.8, 4) is 5.75 Å². The molecule has 3 nitrogen and oxygen atoms in total. The molecule has 13 heavy (non-hydrogen) atoms. The maximum Gasteiger partial charge on any atom is 0.137 e. The Morgan fingerprint density at radius 3 is 2.92 bits per heavy atom. The van der Waals surface area contributed by atoms with Gasteiger partial charge in [0, 0.05) is 12.2 Å². The third-order valence-corrected chi connectivity index (χ3v) is 1.98. The second-order valence-electron chi connectivity index (χ2n) is 2.90. The van der Waals surface area contributed by atoms with Crippen molar-refractivity contribution >= 4 is 0 Å². The van der Waals surface area contributed by atoms with Crippen molar-refractivity contribution in [1.82, 2.24) is 10.3 Å². The molecule has 3 heteroatoms. The average molecular weight is 180 g/mol. The molecule has 0 saturated carbocycles. The molecule has 0 aromatic carbocycles. The predicted molar refractivity (Wildman–Crippen MR) is 52.9 cm³/mol. The Kier molecular flexibility index (Phi) is 3.71. The Labute approximate surface area is 79.1 Å². The Morgan fingerprint density at radius 2 is 2.31 bits per heavy atom. The second kappa shape index (κ2) is 4.82. The highest BCUT2D eigenvalue weighted by Gasteiger charge is 2.03. The van der Waals surface area contributed by atoms with Crippen LogP contribution in [0.4, 0.5) is 0 Å². The fraction of sp³-hybridized carbons (Fsp3) is 0.500. The molecule has 0 radical (unpaired) electrons. The van der Waals surface area contributed by atoms with Gasteiger partial charge in [-0.3, -0.25) is 4.98 Å². The summed E-state index contributed by atoms with van der Waals surface area (Å²) in [6.45, 7) is 4.74. The van der Waals surface area contributed by atoms with E-state index in [0.29, 0.717) is 12.6 Å². The van der Waals surface area contributed by atoms with Gasteiger partial charge in [0.1, 0.15) is 5.75 Å². The summed E-state index contributed by atoms with van der Waals surface area (Å²) in [7, 11) is 1.93. The number of pyridine rings is 1. The molecule has 1 aromatic heterocycles. The van der Waals surface area contributed by atoms with Crippen molar-refractivity contribution in [2.75, 3.05) is 13.7 Å². The van der Waals surface area contributed by atoms with E-state index in [9.17, 15) is 0 Å². The van der Waals surface area contributed by atoms with E-state index in [1.807, 2.05) is 26.2 Å². The zero-order valence-corrected chi connectivity index (χ0v) is 8.37. The van der Waals surface area contributed by atoms with Crippen LogP contribution in [0.1, 0.15) is 25.5 Å². The Hall–Kier alpha value is -1.09. The SMILES string of the molecule is CCOc1cncc(C(C)NC)c1. The molecule has 1 unspecified atom stereocenters. The van der Waals surface area contributed by atoms with Gasteiger partial charge in [0.25, 0.3) is 0 Å². The third kappa shape index (κ3) is 2.70. The molecule has 0 aliphatic heterocycles. The smallest absolute Gasteiger partial charge is 0.137 e. The number of rotatable bonds is 4. The van der Waals surface area contributed by atoms with E-state index in [0.717, 1.165) is 11.3 Å². The maximum atomic E-state index is 5.35. The summed E-state index contributed by atoms with van der Waals surface area (Å²) in [6.07, 6.45) is 3.58. The van der Waals surface area contributed by atoms with E-state index in [1.54, 1.807) is 6.20 Å². The maximum absolute atomic E-state index is 5.35. The quantitative estimate of drug-likeness (QED) is 0.766. The molecule has 0 aliphatic carbocycles. The summed E-state index contributed by atoms with van der Waals surface area (Å²) in [5.41, 5.74) is 1.15. The predicted octanol–water partition coefficient (Wildman–Crippen LogP) is 1.76. The third-order valence-electron chi connectivity index (χ3n) is 1.98. The van der Waals surface area contributed by atoms with Crippen molar-refractivity contribution in [3.05, 3.63) is 24.0 Å². The highest BCUT2D eigenvalue weighted by Crippen LogP contribution is 2.16. The molecule has 1 heterocycles. The summed E-state index contributed by atoms with van der Waals surface area (Å²) in [5.74, 6) is 0.835. The summed E-state index contributed by atoms with van der Waals surface area (Å²) < 4.78 is 5.35. The molecule has 72 valence electrons. The summed E-state index contributed by atoms with van der Waals surface area (Å²) in [6, 6.07) is 2.32. The van der Waals surface area contributed by atoms with Gasteiger partial charge in [-0.05, 0) is 32.5 Å². The normalized spacial score (nSPS) is 12.5. The van der Waals surface area contributed by atoms with Gasteiger partial charge in [-0.15, -0.1) is 0 Å². The van der Waals surface area contributed by atoms with E-state index < -0.39 is 0 Å². The van der Waals surface area contributed by atoms with Gasteiger partial charge in [0.05, 0.1) is 12.8 Å². The van der Waals surface area contributed by atoms with Crippen molar-refractivity contribution in [2.45, 2.75) is 19.9 Å². The van der Waals surface area contributed by atoms with Crippen LogP contribution in [-0.2, 0) is 0 Å². The lowest BCUT2D eigenvalue weighted by atomic mass is 10.1. The van der Waals surface area contributed by atoms with Crippen molar-refractivity contribution < 1.29 is 4.74 Å². The molecule has 1 N–H and O–H groups in total.